The number of H-pyrrole nitrogens is 1. The van der Waals surface area contributed by atoms with Crippen LogP contribution < -0.4 is 10.9 Å². The summed E-state index contributed by atoms with van der Waals surface area (Å²) in [7, 11) is 0. The Morgan fingerprint density at radius 2 is 1.96 bits per heavy atom. The zero-order valence-electron chi connectivity index (χ0n) is 14.6. The van der Waals surface area contributed by atoms with Crippen molar-refractivity contribution in [2.45, 2.75) is 13.3 Å². The lowest BCUT2D eigenvalue weighted by atomic mass is 10.1. The predicted molar refractivity (Wildman–Crippen MR) is 103 cm³/mol. The van der Waals surface area contributed by atoms with E-state index in [1.807, 2.05) is 43.3 Å². The number of nitrogens with zero attached hydrogens (tertiary/aromatic N) is 3. The van der Waals surface area contributed by atoms with E-state index >= 15 is 0 Å². The Morgan fingerprint density at radius 1 is 1.15 bits per heavy atom. The van der Waals surface area contributed by atoms with Gasteiger partial charge in [-0.05, 0) is 36.2 Å². The van der Waals surface area contributed by atoms with Gasteiger partial charge in [0.1, 0.15) is 0 Å². The number of carbonyl (C=O) groups excluding carboxylic acids is 1. The normalized spacial score (nSPS) is 10.9. The van der Waals surface area contributed by atoms with Crippen LogP contribution >= 0.6 is 0 Å². The number of nitrogens with one attached hydrogen (secondary N) is 2. The van der Waals surface area contributed by atoms with Crippen LogP contribution in [0.5, 0.6) is 0 Å². The van der Waals surface area contributed by atoms with E-state index in [0.717, 1.165) is 23.1 Å². The maximum atomic E-state index is 12.5. The van der Waals surface area contributed by atoms with E-state index < -0.39 is 0 Å². The van der Waals surface area contributed by atoms with Gasteiger partial charge < -0.3 is 10.3 Å². The molecular formula is C20H17N5O2. The maximum Gasteiger partial charge on any atom is 0.277 e. The molecule has 2 aromatic carbocycles. The fourth-order valence-electron chi connectivity index (χ4n) is 2.95. The molecule has 0 bridgehead atoms. The van der Waals surface area contributed by atoms with Gasteiger partial charge >= 0.3 is 0 Å². The van der Waals surface area contributed by atoms with E-state index in [2.05, 4.69) is 20.5 Å². The van der Waals surface area contributed by atoms with E-state index in [1.54, 1.807) is 18.2 Å². The molecule has 2 heterocycles. The Kier molecular flexibility index (Phi) is 4.25. The molecule has 0 saturated heterocycles. The van der Waals surface area contributed by atoms with Crippen LogP contribution in [0.2, 0.25) is 0 Å². The first-order valence-corrected chi connectivity index (χ1v) is 8.59. The van der Waals surface area contributed by atoms with Crippen LogP contribution in [-0.4, -0.2) is 25.9 Å². The third-order valence-electron chi connectivity index (χ3n) is 4.28. The molecule has 7 nitrogen and oxygen atoms in total. The number of carbonyl (C=O) groups is 1. The van der Waals surface area contributed by atoms with Gasteiger partial charge in [0.2, 0.25) is 5.56 Å². The minimum atomic E-state index is -0.370. The fraction of sp³-hybridized carbons (Fsp3) is 0.100. The van der Waals surface area contributed by atoms with Crippen LogP contribution in [0, 0.1) is 0 Å². The Balaban J connectivity index is 1.60. The third kappa shape index (κ3) is 3.35. The topological polar surface area (TPSA) is 92.7 Å². The molecule has 4 rings (SSSR count). The molecule has 0 fully saturated rings. The minimum Gasteiger partial charge on any atom is -0.322 e. The van der Waals surface area contributed by atoms with Crippen LogP contribution in [0.25, 0.3) is 16.6 Å². The molecule has 1 amide bonds. The van der Waals surface area contributed by atoms with Crippen LogP contribution in [0.3, 0.4) is 0 Å². The molecule has 0 aliphatic heterocycles. The Labute approximate surface area is 154 Å². The lowest BCUT2D eigenvalue weighted by Gasteiger charge is -2.07. The van der Waals surface area contributed by atoms with Crippen molar-refractivity contribution in [3.05, 3.63) is 82.4 Å². The van der Waals surface area contributed by atoms with Gasteiger partial charge in [-0.3, -0.25) is 9.59 Å². The summed E-state index contributed by atoms with van der Waals surface area (Å²) in [5.74, 6) is -0.370. The molecule has 2 N–H and O–H groups in total. The summed E-state index contributed by atoms with van der Waals surface area (Å²) >= 11 is 0. The van der Waals surface area contributed by atoms with E-state index in [4.69, 9.17) is 0 Å². The highest BCUT2D eigenvalue weighted by Gasteiger charge is 2.12. The zero-order valence-corrected chi connectivity index (χ0v) is 14.6. The second-order valence-electron chi connectivity index (χ2n) is 6.08. The molecule has 0 radical (unpaired) electrons. The first kappa shape index (κ1) is 16.7. The van der Waals surface area contributed by atoms with E-state index in [1.165, 1.54) is 11.0 Å². The highest BCUT2D eigenvalue weighted by molar-refractivity contribution is 6.03. The number of rotatable bonds is 4. The standard InChI is InChI=1S/C20H17N5O2/c1-2-13-10-19(26)23-17-11-14(8-9-16(13)17)22-20(27)18-12-21-25(24-18)15-6-4-3-5-7-15/h3-12H,2H2,1H3,(H,22,27)(H,23,26). The summed E-state index contributed by atoms with van der Waals surface area (Å²) in [5.41, 5.74) is 3.04. The van der Waals surface area contributed by atoms with Crippen molar-refractivity contribution in [2.75, 3.05) is 5.32 Å². The Bertz CT molecular complexity index is 1180. The second-order valence-corrected chi connectivity index (χ2v) is 6.08. The van der Waals surface area contributed by atoms with Gasteiger partial charge in [0.15, 0.2) is 5.69 Å². The van der Waals surface area contributed by atoms with E-state index in [0.29, 0.717) is 11.2 Å². The van der Waals surface area contributed by atoms with Crippen LogP contribution in [0.4, 0.5) is 5.69 Å². The quantitative estimate of drug-likeness (QED) is 0.586. The molecule has 0 spiro atoms. The van der Waals surface area contributed by atoms with Crippen molar-refractivity contribution in [3.63, 3.8) is 0 Å². The molecule has 27 heavy (non-hydrogen) atoms. The average Bonchev–Trinajstić information content (AvgIpc) is 3.18. The van der Waals surface area contributed by atoms with Crippen molar-refractivity contribution in [2.24, 2.45) is 0 Å². The lowest BCUT2D eigenvalue weighted by Crippen LogP contribution is -2.13. The van der Waals surface area contributed by atoms with Gasteiger partial charge in [-0.15, -0.1) is 5.10 Å². The first-order chi connectivity index (χ1) is 13.1. The summed E-state index contributed by atoms with van der Waals surface area (Å²) in [6.07, 6.45) is 2.18. The Morgan fingerprint density at radius 3 is 2.74 bits per heavy atom. The molecule has 0 aliphatic rings. The average molecular weight is 359 g/mol. The van der Waals surface area contributed by atoms with Gasteiger partial charge in [0.05, 0.1) is 17.4 Å². The second kappa shape index (κ2) is 6.87. The van der Waals surface area contributed by atoms with Crippen molar-refractivity contribution in [3.8, 4) is 5.69 Å². The Hall–Kier alpha value is -3.74. The number of benzene rings is 2. The zero-order chi connectivity index (χ0) is 18.8. The van der Waals surface area contributed by atoms with Gasteiger partial charge in [-0.1, -0.05) is 31.2 Å². The van der Waals surface area contributed by atoms with E-state index in [9.17, 15) is 9.59 Å². The van der Waals surface area contributed by atoms with Crippen molar-refractivity contribution < 1.29 is 4.79 Å². The lowest BCUT2D eigenvalue weighted by molar-refractivity contribution is 0.102. The number of amides is 1. The fourth-order valence-corrected chi connectivity index (χ4v) is 2.95. The number of fused-ring (bicyclic) bond motifs is 1. The van der Waals surface area contributed by atoms with Crippen LogP contribution in [0.15, 0.2) is 65.6 Å². The largest absolute Gasteiger partial charge is 0.322 e. The molecule has 0 saturated carbocycles. The van der Waals surface area contributed by atoms with Gasteiger partial charge in [0, 0.05) is 17.1 Å². The number of anilines is 1. The number of aromatic nitrogens is 4. The van der Waals surface area contributed by atoms with Gasteiger partial charge in [-0.2, -0.15) is 9.90 Å². The molecule has 2 aromatic heterocycles. The first-order valence-electron chi connectivity index (χ1n) is 8.59. The van der Waals surface area contributed by atoms with Crippen LogP contribution in [-0.2, 0) is 6.42 Å². The smallest absolute Gasteiger partial charge is 0.277 e. The summed E-state index contributed by atoms with van der Waals surface area (Å²) in [6.45, 7) is 2.00. The van der Waals surface area contributed by atoms with Crippen molar-refractivity contribution in [1.29, 1.82) is 0 Å². The van der Waals surface area contributed by atoms with Crippen LogP contribution in [0.1, 0.15) is 23.0 Å². The molecule has 0 aliphatic carbocycles. The minimum absolute atomic E-state index is 0.159. The van der Waals surface area contributed by atoms with Crippen molar-refractivity contribution in [1.82, 2.24) is 20.0 Å². The third-order valence-corrected chi connectivity index (χ3v) is 4.28. The molecule has 134 valence electrons. The number of aryl methyl sites for hydroxylation is 1. The van der Waals surface area contributed by atoms with E-state index in [-0.39, 0.29) is 17.2 Å². The monoisotopic (exact) mass is 359 g/mol. The SMILES string of the molecule is CCc1cc(=O)[nH]c2cc(NC(=O)c3cnn(-c4ccccc4)n3)ccc12. The number of hydrogen-bond donors (Lipinski definition) is 2. The molecule has 0 atom stereocenters. The molecule has 7 heteroatoms. The number of pyridine rings is 1. The summed E-state index contributed by atoms with van der Waals surface area (Å²) in [4.78, 5) is 28.5. The maximum absolute atomic E-state index is 12.5. The summed E-state index contributed by atoms with van der Waals surface area (Å²) in [5, 5.41) is 12.1. The highest BCUT2D eigenvalue weighted by atomic mass is 16.2. The van der Waals surface area contributed by atoms with Gasteiger partial charge in [-0.25, -0.2) is 0 Å². The predicted octanol–water partition coefficient (Wildman–Crippen LogP) is 2.92. The highest BCUT2D eigenvalue weighted by Crippen LogP contribution is 2.20. The number of aromatic amines is 1. The number of hydrogen-bond acceptors (Lipinski definition) is 4. The molecule has 0 unspecified atom stereocenters. The summed E-state index contributed by atoms with van der Waals surface area (Å²) < 4.78 is 0. The molecule has 4 aromatic rings. The summed E-state index contributed by atoms with van der Waals surface area (Å²) in [6, 6.07) is 16.4. The molecular weight excluding hydrogens is 342 g/mol. The van der Waals surface area contributed by atoms with Gasteiger partial charge in [0.25, 0.3) is 5.91 Å². The van der Waals surface area contributed by atoms with Crippen molar-refractivity contribution >= 4 is 22.5 Å². The number of para-hydroxylation sites is 1.